The fraction of sp³-hybridized carbons (Fsp3) is 0.294. The van der Waals surface area contributed by atoms with Gasteiger partial charge in [0.15, 0.2) is 11.6 Å². The first-order valence-electron chi connectivity index (χ1n) is 8.54. The molecule has 2 atom stereocenters. The summed E-state index contributed by atoms with van der Waals surface area (Å²) >= 11 is 0. The van der Waals surface area contributed by atoms with Crippen molar-refractivity contribution in [3.05, 3.63) is 47.4 Å². The summed E-state index contributed by atoms with van der Waals surface area (Å²) < 4.78 is 47.9. The highest BCUT2D eigenvalue weighted by molar-refractivity contribution is 6.02. The number of nitrogens with zero attached hydrogens (tertiary/aromatic N) is 3. The monoisotopic (exact) mass is 425 g/mol. The van der Waals surface area contributed by atoms with Crippen LogP contribution in [0.5, 0.6) is 5.88 Å². The third kappa shape index (κ3) is 4.26. The highest BCUT2D eigenvalue weighted by atomic mass is 19.2. The van der Waals surface area contributed by atoms with Crippen molar-refractivity contribution in [2.75, 3.05) is 19.1 Å². The number of benzene rings is 1. The lowest BCUT2D eigenvalue weighted by Gasteiger charge is -2.28. The van der Waals surface area contributed by atoms with Gasteiger partial charge in [-0.2, -0.15) is 0 Å². The number of hydrogen-bond donors (Lipinski definition) is 4. The maximum absolute atomic E-state index is 14.6. The summed E-state index contributed by atoms with van der Waals surface area (Å²) in [6.07, 6.45) is 1.06. The summed E-state index contributed by atoms with van der Waals surface area (Å²) in [5.74, 6) is -3.28. The van der Waals surface area contributed by atoms with Gasteiger partial charge in [-0.25, -0.2) is 28.1 Å². The predicted octanol–water partition coefficient (Wildman–Crippen LogP) is 0.705. The Morgan fingerprint density at radius 3 is 2.80 bits per heavy atom. The molecule has 1 aliphatic heterocycles. The molecule has 30 heavy (non-hydrogen) atoms. The molecular formula is C17H18F3N7O3. The second-order valence-corrected chi connectivity index (χ2v) is 6.36. The van der Waals surface area contributed by atoms with Crippen molar-refractivity contribution < 1.29 is 27.5 Å². The van der Waals surface area contributed by atoms with Gasteiger partial charge in [-0.15, -0.1) is 5.48 Å². The van der Waals surface area contributed by atoms with E-state index in [9.17, 15) is 18.0 Å². The molecule has 1 aromatic heterocycles. The van der Waals surface area contributed by atoms with E-state index in [4.69, 9.17) is 21.0 Å². The number of aliphatic imine (C=N–C) groups is 1. The molecule has 0 saturated heterocycles. The van der Waals surface area contributed by atoms with Crippen LogP contribution in [0.3, 0.4) is 0 Å². The molecule has 0 spiro atoms. The number of hydroxylamine groups is 1. The molecular weight excluding hydrogens is 407 g/mol. The number of halogens is 3. The maximum atomic E-state index is 14.6. The van der Waals surface area contributed by atoms with Crippen molar-refractivity contribution in [2.24, 2.45) is 16.5 Å². The van der Waals surface area contributed by atoms with Gasteiger partial charge in [-0.3, -0.25) is 4.79 Å². The first kappa shape index (κ1) is 21.3. The molecule has 10 nitrogen and oxygen atoms in total. The molecule has 0 radical (unpaired) electrons. The number of rotatable bonds is 5. The number of nitrogens with one attached hydrogen (secondary N) is 2. The van der Waals surface area contributed by atoms with E-state index < -0.39 is 47.5 Å². The summed E-state index contributed by atoms with van der Waals surface area (Å²) in [5, 5.41) is 2.35. The summed E-state index contributed by atoms with van der Waals surface area (Å²) in [5.41, 5.74) is 10.8. The summed E-state index contributed by atoms with van der Waals surface area (Å²) in [6, 6.07) is 1.27. The van der Waals surface area contributed by atoms with E-state index in [1.165, 1.54) is 13.3 Å². The van der Waals surface area contributed by atoms with Crippen molar-refractivity contribution >= 4 is 17.6 Å². The molecule has 2 heterocycles. The molecule has 1 unspecified atom stereocenters. The van der Waals surface area contributed by atoms with E-state index in [0.29, 0.717) is 0 Å². The Hall–Kier alpha value is -3.45. The molecule has 0 saturated carbocycles. The molecule has 1 aliphatic rings. The number of ether oxygens (including phenoxy) is 1. The summed E-state index contributed by atoms with van der Waals surface area (Å²) in [4.78, 5) is 28.7. The second kappa shape index (κ2) is 8.51. The van der Waals surface area contributed by atoms with Gasteiger partial charge in [-0.1, -0.05) is 0 Å². The van der Waals surface area contributed by atoms with Gasteiger partial charge in [0.05, 0.1) is 25.7 Å². The standard InChI is InChI=1S/C17H18F3N7O3/c1-29-13-6-23-11(5-24-13)15(28)25-8-2-9(14(20)10(19)3-8)17(7-18)4-12(21)27-30-16(22)26-17/h2-3,5-6,12,27H,4,7,21H2,1H3,(H2,22,26)(H,25,28)/t12-,17?/m1/s1. The molecule has 3 rings (SSSR count). The number of methoxy groups -OCH3 is 1. The van der Waals surface area contributed by atoms with Gasteiger partial charge >= 0.3 is 6.02 Å². The Labute approximate surface area is 168 Å². The van der Waals surface area contributed by atoms with E-state index in [0.717, 1.165) is 18.3 Å². The van der Waals surface area contributed by atoms with Crippen LogP contribution in [0.25, 0.3) is 0 Å². The lowest BCUT2D eigenvalue weighted by molar-refractivity contribution is 0.102. The predicted molar refractivity (Wildman–Crippen MR) is 99.0 cm³/mol. The number of hydrogen-bond acceptors (Lipinski definition) is 9. The van der Waals surface area contributed by atoms with Gasteiger partial charge in [0.2, 0.25) is 5.88 Å². The zero-order valence-electron chi connectivity index (χ0n) is 15.7. The number of amidine groups is 1. The summed E-state index contributed by atoms with van der Waals surface area (Å²) in [6.45, 7) is -1.26. The fourth-order valence-electron chi connectivity index (χ4n) is 2.88. The first-order chi connectivity index (χ1) is 14.3. The minimum Gasteiger partial charge on any atom is -0.480 e. The molecule has 13 heteroatoms. The number of nitrogens with two attached hydrogens (primary N) is 2. The normalized spacial score (nSPS) is 21.2. The van der Waals surface area contributed by atoms with Crippen LogP contribution in [0.1, 0.15) is 22.5 Å². The highest BCUT2D eigenvalue weighted by Crippen LogP contribution is 2.36. The maximum Gasteiger partial charge on any atom is 0.303 e. The molecule has 2 aromatic rings. The number of amides is 1. The van der Waals surface area contributed by atoms with Gasteiger partial charge in [-0.05, 0) is 6.07 Å². The topological polar surface area (TPSA) is 150 Å². The van der Waals surface area contributed by atoms with Crippen molar-refractivity contribution in [3.63, 3.8) is 0 Å². The van der Waals surface area contributed by atoms with Crippen LogP contribution < -0.4 is 27.0 Å². The van der Waals surface area contributed by atoms with Crippen LogP contribution in [0.15, 0.2) is 29.5 Å². The smallest absolute Gasteiger partial charge is 0.303 e. The Balaban J connectivity index is 1.98. The molecule has 160 valence electrons. The average Bonchev–Trinajstić information content (AvgIpc) is 2.89. The van der Waals surface area contributed by atoms with Crippen molar-refractivity contribution in [3.8, 4) is 5.88 Å². The molecule has 1 amide bonds. The van der Waals surface area contributed by atoms with E-state index in [-0.39, 0.29) is 23.7 Å². The zero-order valence-corrected chi connectivity index (χ0v) is 15.7. The number of aromatic nitrogens is 2. The molecule has 0 aliphatic carbocycles. The van der Waals surface area contributed by atoms with E-state index >= 15 is 0 Å². The first-order valence-corrected chi connectivity index (χ1v) is 8.54. The van der Waals surface area contributed by atoms with Crippen LogP contribution in [0.2, 0.25) is 0 Å². The largest absolute Gasteiger partial charge is 0.480 e. The Morgan fingerprint density at radius 2 is 2.17 bits per heavy atom. The second-order valence-electron chi connectivity index (χ2n) is 6.36. The van der Waals surface area contributed by atoms with Gasteiger partial charge in [0.25, 0.3) is 5.91 Å². The van der Waals surface area contributed by atoms with Crippen LogP contribution in [0, 0.1) is 11.6 Å². The SMILES string of the molecule is COc1cnc(C(=O)Nc2cc(F)c(F)c(C3(CF)C[C@H](N)NOC(N)=N3)c2)cn1. The van der Waals surface area contributed by atoms with Crippen molar-refractivity contribution in [2.45, 2.75) is 18.1 Å². The minimum absolute atomic E-state index is 0.112. The van der Waals surface area contributed by atoms with Crippen LogP contribution in [0.4, 0.5) is 18.9 Å². The van der Waals surface area contributed by atoms with Crippen molar-refractivity contribution in [1.82, 2.24) is 15.4 Å². The molecule has 0 fully saturated rings. The van der Waals surface area contributed by atoms with Crippen LogP contribution in [-0.2, 0) is 10.4 Å². The highest BCUT2D eigenvalue weighted by Gasteiger charge is 2.40. The van der Waals surface area contributed by atoms with E-state index in [1.807, 2.05) is 0 Å². The Kier molecular flexibility index (Phi) is 6.03. The zero-order chi connectivity index (χ0) is 21.9. The lowest BCUT2D eigenvalue weighted by Crippen LogP contribution is -2.42. The van der Waals surface area contributed by atoms with E-state index in [2.05, 4.69) is 25.8 Å². The van der Waals surface area contributed by atoms with Gasteiger partial charge in [0.1, 0.15) is 17.9 Å². The number of carbonyl (C=O) groups is 1. The third-order valence-electron chi connectivity index (χ3n) is 4.28. The summed E-state index contributed by atoms with van der Waals surface area (Å²) in [7, 11) is 1.38. The Bertz CT molecular complexity index is 974. The molecule has 1 aromatic carbocycles. The fourth-order valence-corrected chi connectivity index (χ4v) is 2.88. The van der Waals surface area contributed by atoms with Crippen LogP contribution in [-0.4, -0.2) is 41.8 Å². The van der Waals surface area contributed by atoms with E-state index in [1.54, 1.807) is 0 Å². The number of anilines is 1. The molecule has 6 N–H and O–H groups in total. The van der Waals surface area contributed by atoms with Crippen molar-refractivity contribution in [1.29, 1.82) is 0 Å². The quantitative estimate of drug-likeness (QED) is 0.547. The minimum atomic E-state index is -1.97. The van der Waals surface area contributed by atoms with Crippen LogP contribution >= 0.6 is 0 Å². The molecule has 0 bridgehead atoms. The van der Waals surface area contributed by atoms with Gasteiger partial charge in [0, 0.05) is 23.7 Å². The third-order valence-corrected chi connectivity index (χ3v) is 4.28. The Morgan fingerprint density at radius 1 is 1.40 bits per heavy atom. The number of carbonyl (C=O) groups excluding carboxylic acids is 1. The lowest BCUT2D eigenvalue weighted by atomic mass is 9.86. The number of alkyl halides is 1. The van der Waals surface area contributed by atoms with Gasteiger partial charge < -0.3 is 26.4 Å². The average molecular weight is 425 g/mol.